The quantitative estimate of drug-likeness (QED) is 0.403. The van der Waals surface area contributed by atoms with E-state index in [0.29, 0.717) is 35.2 Å². The van der Waals surface area contributed by atoms with Gasteiger partial charge in [0.1, 0.15) is 11.5 Å². The summed E-state index contributed by atoms with van der Waals surface area (Å²) >= 11 is 1.87. The third-order valence-corrected chi connectivity index (χ3v) is 7.81. The van der Waals surface area contributed by atoms with Crippen LogP contribution in [0, 0.1) is 0 Å². The molecule has 3 heteroatoms. The van der Waals surface area contributed by atoms with Crippen LogP contribution < -0.4 is 0 Å². The van der Waals surface area contributed by atoms with Gasteiger partial charge in [-0.1, -0.05) is 94.8 Å². The van der Waals surface area contributed by atoms with Crippen molar-refractivity contribution in [3.8, 4) is 11.5 Å². The highest BCUT2D eigenvalue weighted by molar-refractivity contribution is 7.99. The molecule has 0 aliphatic carbocycles. The first-order chi connectivity index (χ1) is 15.2. The molecular formula is C30H46O2S. The first-order valence-electron chi connectivity index (χ1n) is 12.7. The zero-order chi connectivity index (χ0) is 25.4. The maximum absolute atomic E-state index is 11.0. The van der Waals surface area contributed by atoms with Crippen LogP contribution in [0.3, 0.4) is 0 Å². The van der Waals surface area contributed by atoms with Gasteiger partial charge >= 0.3 is 0 Å². The van der Waals surface area contributed by atoms with Gasteiger partial charge in [0.2, 0.25) is 0 Å². The van der Waals surface area contributed by atoms with Gasteiger partial charge in [-0.15, -0.1) is 0 Å². The Kier molecular flexibility index (Phi) is 9.01. The van der Waals surface area contributed by atoms with Crippen molar-refractivity contribution < 1.29 is 10.2 Å². The fraction of sp³-hybridized carbons (Fsp3) is 0.600. The second kappa shape index (κ2) is 10.8. The van der Waals surface area contributed by atoms with E-state index in [2.05, 4.69) is 83.1 Å². The Morgan fingerprint density at radius 1 is 0.455 bits per heavy atom. The van der Waals surface area contributed by atoms with Crippen molar-refractivity contribution in [3.63, 3.8) is 0 Å². The van der Waals surface area contributed by atoms with Crippen LogP contribution in [0.2, 0.25) is 0 Å². The zero-order valence-electron chi connectivity index (χ0n) is 22.9. The number of hydrogen-bond donors (Lipinski definition) is 2. The highest BCUT2D eigenvalue weighted by Gasteiger charge is 2.28. The number of aromatic hydroxyl groups is 2. The van der Waals surface area contributed by atoms with Crippen molar-refractivity contribution in [3.05, 3.63) is 45.5 Å². The highest BCUT2D eigenvalue weighted by Crippen LogP contribution is 2.51. The molecule has 0 aromatic heterocycles. The Hall–Kier alpha value is -1.61. The van der Waals surface area contributed by atoms with Gasteiger partial charge in [0.05, 0.1) is 0 Å². The number of phenols is 2. The molecule has 0 amide bonds. The summed E-state index contributed by atoms with van der Waals surface area (Å²) in [5.41, 5.74) is 7.07. The Balaban J connectivity index is 3.03. The van der Waals surface area contributed by atoms with Crippen LogP contribution in [0.1, 0.15) is 152 Å². The number of benzene rings is 2. The predicted molar refractivity (Wildman–Crippen MR) is 145 cm³/mol. The maximum atomic E-state index is 11.0. The lowest BCUT2D eigenvalue weighted by atomic mass is 9.85. The second-order valence-corrected chi connectivity index (χ2v) is 12.3. The summed E-state index contributed by atoms with van der Waals surface area (Å²) < 4.78 is 0. The highest BCUT2D eigenvalue weighted by atomic mass is 32.2. The zero-order valence-corrected chi connectivity index (χ0v) is 23.7. The molecule has 0 aliphatic rings. The van der Waals surface area contributed by atoms with Gasteiger partial charge in [0.25, 0.3) is 0 Å². The summed E-state index contributed by atoms with van der Waals surface area (Å²) in [6.07, 6.45) is 0. The van der Waals surface area contributed by atoms with Crippen molar-refractivity contribution in [2.24, 2.45) is 0 Å². The molecule has 2 aromatic carbocycles. The van der Waals surface area contributed by atoms with E-state index < -0.39 is 0 Å². The first kappa shape index (κ1) is 27.6. The molecule has 0 aliphatic heterocycles. The minimum absolute atomic E-state index is 0.239. The van der Waals surface area contributed by atoms with Crippen molar-refractivity contribution in [1.29, 1.82) is 0 Å². The predicted octanol–water partition coefficient (Wildman–Crippen LogP) is 9.99. The van der Waals surface area contributed by atoms with Crippen LogP contribution in [0.5, 0.6) is 11.5 Å². The van der Waals surface area contributed by atoms with E-state index in [0.717, 1.165) is 11.1 Å². The van der Waals surface area contributed by atoms with E-state index in [9.17, 15) is 10.2 Å². The minimum atomic E-state index is 0.239. The normalized spacial score (nSPS) is 12.4. The summed E-state index contributed by atoms with van der Waals surface area (Å²) in [4.78, 5) is 2.57. The molecule has 0 radical (unpaired) electrons. The number of hydrogen-bond acceptors (Lipinski definition) is 3. The van der Waals surface area contributed by atoms with E-state index in [1.807, 2.05) is 23.9 Å². The fourth-order valence-electron chi connectivity index (χ4n) is 4.96. The Labute approximate surface area is 207 Å². The fourth-order valence-corrected chi connectivity index (χ4v) is 6.90. The van der Waals surface area contributed by atoms with Gasteiger partial charge in [0, 0.05) is 20.9 Å². The van der Waals surface area contributed by atoms with E-state index >= 15 is 0 Å². The average Bonchev–Trinajstić information content (AvgIpc) is 2.67. The molecule has 2 N–H and O–H groups in total. The van der Waals surface area contributed by atoms with Gasteiger partial charge in [0.15, 0.2) is 0 Å². The Bertz CT molecular complexity index is 902. The van der Waals surface area contributed by atoms with Gasteiger partial charge in [-0.25, -0.2) is 0 Å². The molecule has 0 unspecified atom stereocenters. The van der Waals surface area contributed by atoms with Gasteiger partial charge < -0.3 is 10.2 Å². The summed E-state index contributed by atoms with van der Waals surface area (Å²) in [5.74, 6) is 2.49. The molecule has 0 fully saturated rings. The van der Waals surface area contributed by atoms with Crippen molar-refractivity contribution in [2.75, 3.05) is 0 Å². The first-order valence-corrected chi connectivity index (χ1v) is 13.5. The standard InChI is InChI=1S/C30H46O2S/c1-15(2)21-13-23(31)25(17(5)6)27(19(9)10)29(21)33-30-22(16(3)4)14-24(32)26(18(7)8)28(30)20(11)12/h13-20,31-32H,1-12H3. The Morgan fingerprint density at radius 3 is 0.939 bits per heavy atom. The molecular weight excluding hydrogens is 424 g/mol. The van der Waals surface area contributed by atoms with E-state index in [1.54, 1.807) is 0 Å². The van der Waals surface area contributed by atoms with E-state index in [-0.39, 0.29) is 11.8 Å². The molecule has 0 saturated heterocycles. The molecule has 0 saturated carbocycles. The topological polar surface area (TPSA) is 40.5 Å². The molecule has 0 bridgehead atoms. The third kappa shape index (κ3) is 5.56. The monoisotopic (exact) mass is 470 g/mol. The van der Waals surface area contributed by atoms with E-state index in [1.165, 1.54) is 32.0 Å². The van der Waals surface area contributed by atoms with Crippen LogP contribution in [0.4, 0.5) is 0 Å². The van der Waals surface area contributed by atoms with Crippen LogP contribution in [-0.4, -0.2) is 10.2 Å². The van der Waals surface area contributed by atoms with Crippen molar-refractivity contribution in [2.45, 2.75) is 128 Å². The number of phenolic OH excluding ortho intramolecular Hbond substituents is 2. The van der Waals surface area contributed by atoms with Crippen LogP contribution >= 0.6 is 11.8 Å². The molecule has 2 nitrogen and oxygen atoms in total. The molecule has 2 aromatic rings. The number of rotatable bonds is 8. The summed E-state index contributed by atoms with van der Waals surface area (Å²) in [7, 11) is 0. The lowest BCUT2D eigenvalue weighted by Gasteiger charge is -2.29. The largest absolute Gasteiger partial charge is 0.508 e. The van der Waals surface area contributed by atoms with Gasteiger partial charge in [-0.05, 0) is 69.9 Å². The maximum Gasteiger partial charge on any atom is 0.119 e. The second-order valence-electron chi connectivity index (χ2n) is 11.3. The average molecular weight is 471 g/mol. The molecule has 0 heterocycles. The smallest absolute Gasteiger partial charge is 0.119 e. The summed E-state index contributed by atoms with van der Waals surface area (Å²) in [6.45, 7) is 26.4. The van der Waals surface area contributed by atoms with Crippen molar-refractivity contribution >= 4 is 11.8 Å². The van der Waals surface area contributed by atoms with E-state index in [4.69, 9.17) is 0 Å². The van der Waals surface area contributed by atoms with Crippen LogP contribution in [-0.2, 0) is 0 Å². The minimum Gasteiger partial charge on any atom is -0.508 e. The molecule has 0 spiro atoms. The summed E-state index contributed by atoms with van der Waals surface area (Å²) in [5, 5.41) is 22.1. The van der Waals surface area contributed by atoms with Gasteiger partial charge in [-0.3, -0.25) is 0 Å². The van der Waals surface area contributed by atoms with Gasteiger partial charge in [-0.2, -0.15) is 0 Å². The molecule has 184 valence electrons. The summed E-state index contributed by atoms with van der Waals surface area (Å²) in [6, 6.07) is 4.00. The lowest BCUT2D eigenvalue weighted by Crippen LogP contribution is -2.09. The van der Waals surface area contributed by atoms with Crippen LogP contribution in [0.25, 0.3) is 0 Å². The molecule has 0 atom stereocenters. The Morgan fingerprint density at radius 2 is 0.727 bits per heavy atom. The van der Waals surface area contributed by atoms with Crippen molar-refractivity contribution in [1.82, 2.24) is 0 Å². The lowest BCUT2D eigenvalue weighted by molar-refractivity contribution is 0.459. The third-order valence-electron chi connectivity index (χ3n) is 6.49. The molecule has 33 heavy (non-hydrogen) atoms. The molecule has 2 rings (SSSR count). The SMILES string of the molecule is CC(C)c1cc(O)c(C(C)C)c(C(C)C)c1Sc1c(C(C)C)cc(O)c(C(C)C)c1C(C)C. The van der Waals surface area contributed by atoms with Crippen LogP contribution in [0.15, 0.2) is 21.9 Å².